The Labute approximate surface area is 116 Å². The number of aliphatic hydroxyl groups excluding tert-OH is 1. The average molecular weight is 270 g/mol. The summed E-state index contributed by atoms with van der Waals surface area (Å²) in [6, 6.07) is 6.95. The normalized spacial score (nSPS) is 9.65. The third kappa shape index (κ3) is 3.93. The molecular formula is C14H14N4O2. The highest BCUT2D eigenvalue weighted by molar-refractivity contribution is 5.94. The van der Waals surface area contributed by atoms with Crippen molar-refractivity contribution in [3.8, 4) is 11.8 Å². The fraction of sp³-hybridized carbons (Fsp3) is 0.214. The van der Waals surface area contributed by atoms with Crippen molar-refractivity contribution in [1.29, 1.82) is 0 Å². The second kappa shape index (κ2) is 7.07. The van der Waals surface area contributed by atoms with Gasteiger partial charge in [-0.2, -0.15) is 5.10 Å². The SMILES string of the molecule is O=C(NCCc1ncn[nH]1)c1cccc(C#CCO)c1. The first-order chi connectivity index (χ1) is 9.79. The number of carbonyl (C=O) groups excluding carboxylic acids is 1. The predicted molar refractivity (Wildman–Crippen MR) is 72.8 cm³/mol. The maximum absolute atomic E-state index is 11.9. The third-order valence-corrected chi connectivity index (χ3v) is 2.55. The van der Waals surface area contributed by atoms with Gasteiger partial charge in [-0.1, -0.05) is 17.9 Å². The van der Waals surface area contributed by atoms with E-state index in [0.717, 1.165) is 5.82 Å². The van der Waals surface area contributed by atoms with Crippen LogP contribution in [0.2, 0.25) is 0 Å². The maximum atomic E-state index is 11.9. The summed E-state index contributed by atoms with van der Waals surface area (Å²) < 4.78 is 0. The number of aromatic amines is 1. The summed E-state index contributed by atoms with van der Waals surface area (Å²) in [4.78, 5) is 15.9. The van der Waals surface area contributed by atoms with Crippen molar-refractivity contribution in [2.75, 3.05) is 13.2 Å². The van der Waals surface area contributed by atoms with Crippen molar-refractivity contribution in [2.45, 2.75) is 6.42 Å². The van der Waals surface area contributed by atoms with E-state index < -0.39 is 0 Å². The molecule has 6 heteroatoms. The second-order valence-electron chi connectivity index (χ2n) is 3.98. The van der Waals surface area contributed by atoms with Crippen LogP contribution < -0.4 is 5.32 Å². The first kappa shape index (κ1) is 13.8. The second-order valence-corrected chi connectivity index (χ2v) is 3.98. The number of benzene rings is 1. The summed E-state index contributed by atoms with van der Waals surface area (Å²) in [6.07, 6.45) is 2.02. The molecule has 0 fully saturated rings. The molecule has 6 nitrogen and oxygen atoms in total. The maximum Gasteiger partial charge on any atom is 0.251 e. The first-order valence-electron chi connectivity index (χ1n) is 6.12. The number of nitrogens with zero attached hydrogens (tertiary/aromatic N) is 2. The minimum atomic E-state index is -0.201. The lowest BCUT2D eigenvalue weighted by molar-refractivity contribution is 0.0954. The fourth-order valence-corrected chi connectivity index (χ4v) is 1.63. The lowest BCUT2D eigenvalue weighted by Gasteiger charge is -2.04. The Kier molecular flexibility index (Phi) is 4.87. The summed E-state index contributed by atoms with van der Waals surface area (Å²) in [6.45, 7) is 0.272. The van der Waals surface area contributed by atoms with E-state index >= 15 is 0 Å². The van der Waals surface area contributed by atoms with Gasteiger partial charge in [0.25, 0.3) is 5.91 Å². The quantitative estimate of drug-likeness (QED) is 0.688. The molecule has 2 rings (SSSR count). The Bertz CT molecular complexity index is 626. The number of carbonyl (C=O) groups is 1. The molecule has 1 aromatic carbocycles. The molecule has 0 aliphatic rings. The summed E-state index contributed by atoms with van der Waals surface area (Å²) >= 11 is 0. The van der Waals surface area contributed by atoms with Crippen LogP contribution in [0.1, 0.15) is 21.7 Å². The van der Waals surface area contributed by atoms with Crippen molar-refractivity contribution in [1.82, 2.24) is 20.5 Å². The molecule has 0 saturated heterocycles. The lowest BCUT2D eigenvalue weighted by atomic mass is 10.1. The first-order valence-corrected chi connectivity index (χ1v) is 6.12. The number of amides is 1. The number of hydrogen-bond acceptors (Lipinski definition) is 4. The molecule has 1 amide bonds. The zero-order chi connectivity index (χ0) is 14.2. The Balaban J connectivity index is 1.91. The molecular weight excluding hydrogens is 256 g/mol. The summed E-state index contributed by atoms with van der Waals surface area (Å²) in [5.41, 5.74) is 1.23. The van der Waals surface area contributed by atoms with Gasteiger partial charge in [-0.15, -0.1) is 0 Å². The minimum absolute atomic E-state index is 0.169. The Morgan fingerprint density at radius 1 is 1.45 bits per heavy atom. The Morgan fingerprint density at radius 3 is 3.10 bits per heavy atom. The molecule has 0 bridgehead atoms. The zero-order valence-corrected chi connectivity index (χ0v) is 10.8. The molecule has 3 N–H and O–H groups in total. The summed E-state index contributed by atoms with van der Waals surface area (Å²) in [5, 5.41) is 17.9. The highest BCUT2D eigenvalue weighted by Gasteiger charge is 2.05. The van der Waals surface area contributed by atoms with Crippen LogP contribution in [0.5, 0.6) is 0 Å². The zero-order valence-electron chi connectivity index (χ0n) is 10.8. The van der Waals surface area contributed by atoms with Crippen molar-refractivity contribution in [2.24, 2.45) is 0 Å². The van der Waals surface area contributed by atoms with Gasteiger partial charge >= 0.3 is 0 Å². The van der Waals surface area contributed by atoms with Gasteiger partial charge in [-0.05, 0) is 18.2 Å². The van der Waals surface area contributed by atoms with E-state index in [9.17, 15) is 4.79 Å². The van der Waals surface area contributed by atoms with E-state index in [2.05, 4.69) is 32.3 Å². The van der Waals surface area contributed by atoms with Crippen molar-refractivity contribution in [3.63, 3.8) is 0 Å². The van der Waals surface area contributed by atoms with Crippen molar-refractivity contribution >= 4 is 5.91 Å². The largest absolute Gasteiger partial charge is 0.384 e. The van der Waals surface area contributed by atoms with Gasteiger partial charge in [0.15, 0.2) is 0 Å². The average Bonchev–Trinajstić information content (AvgIpc) is 2.98. The summed E-state index contributed by atoms with van der Waals surface area (Å²) in [7, 11) is 0. The molecule has 1 aromatic heterocycles. The Morgan fingerprint density at radius 2 is 2.35 bits per heavy atom. The molecule has 20 heavy (non-hydrogen) atoms. The molecule has 0 aliphatic carbocycles. The summed E-state index contributed by atoms with van der Waals surface area (Å²) in [5.74, 6) is 5.87. The van der Waals surface area contributed by atoms with Gasteiger partial charge in [-0.3, -0.25) is 9.89 Å². The van der Waals surface area contributed by atoms with Crippen LogP contribution in [0, 0.1) is 11.8 Å². The molecule has 102 valence electrons. The van der Waals surface area contributed by atoms with Crippen LogP contribution in [0.15, 0.2) is 30.6 Å². The predicted octanol–water partition coefficient (Wildman–Crippen LogP) is 0.121. The van der Waals surface area contributed by atoms with Crippen LogP contribution in [-0.4, -0.2) is 39.3 Å². The standard InChI is InChI=1S/C14H14N4O2/c19-8-2-4-11-3-1-5-12(9-11)14(20)15-7-6-13-16-10-17-18-13/h1,3,5,9-10,19H,6-8H2,(H,15,20)(H,16,17,18). The van der Waals surface area contributed by atoms with E-state index in [1.54, 1.807) is 24.3 Å². The smallest absolute Gasteiger partial charge is 0.251 e. The number of hydrogen-bond donors (Lipinski definition) is 3. The lowest BCUT2D eigenvalue weighted by Crippen LogP contribution is -2.26. The van der Waals surface area contributed by atoms with Gasteiger partial charge in [0, 0.05) is 24.1 Å². The molecule has 0 spiro atoms. The van der Waals surface area contributed by atoms with Gasteiger partial charge in [0.1, 0.15) is 18.8 Å². The molecule has 1 heterocycles. The van der Waals surface area contributed by atoms with E-state index in [1.807, 2.05) is 0 Å². The number of aromatic nitrogens is 3. The molecule has 0 radical (unpaired) electrons. The van der Waals surface area contributed by atoms with Crippen LogP contribution in [0.25, 0.3) is 0 Å². The molecule has 0 saturated carbocycles. The van der Waals surface area contributed by atoms with Crippen LogP contribution >= 0.6 is 0 Å². The highest BCUT2D eigenvalue weighted by Crippen LogP contribution is 2.04. The minimum Gasteiger partial charge on any atom is -0.384 e. The molecule has 0 aliphatic heterocycles. The van der Waals surface area contributed by atoms with Crippen molar-refractivity contribution < 1.29 is 9.90 Å². The molecule has 0 unspecified atom stereocenters. The van der Waals surface area contributed by atoms with E-state index in [1.165, 1.54) is 6.33 Å². The van der Waals surface area contributed by atoms with Gasteiger partial charge in [0.05, 0.1) is 0 Å². The van der Waals surface area contributed by atoms with E-state index in [0.29, 0.717) is 24.1 Å². The number of rotatable bonds is 4. The number of nitrogens with one attached hydrogen (secondary N) is 2. The van der Waals surface area contributed by atoms with Crippen LogP contribution in [0.3, 0.4) is 0 Å². The topological polar surface area (TPSA) is 90.9 Å². The monoisotopic (exact) mass is 270 g/mol. The molecule has 2 aromatic rings. The van der Waals surface area contributed by atoms with E-state index in [-0.39, 0.29) is 12.5 Å². The van der Waals surface area contributed by atoms with Gasteiger partial charge < -0.3 is 10.4 Å². The van der Waals surface area contributed by atoms with Crippen molar-refractivity contribution in [3.05, 3.63) is 47.5 Å². The van der Waals surface area contributed by atoms with Crippen LogP contribution in [-0.2, 0) is 6.42 Å². The Hall–Kier alpha value is -2.65. The molecule has 0 atom stereocenters. The van der Waals surface area contributed by atoms with Gasteiger partial charge in [-0.25, -0.2) is 4.98 Å². The van der Waals surface area contributed by atoms with Gasteiger partial charge in [0.2, 0.25) is 0 Å². The third-order valence-electron chi connectivity index (χ3n) is 2.55. The fourth-order valence-electron chi connectivity index (χ4n) is 1.63. The number of aliphatic hydroxyl groups is 1. The number of H-pyrrole nitrogens is 1. The van der Waals surface area contributed by atoms with E-state index in [4.69, 9.17) is 5.11 Å². The van der Waals surface area contributed by atoms with Crippen LogP contribution in [0.4, 0.5) is 0 Å². The highest BCUT2D eigenvalue weighted by atomic mass is 16.2.